The van der Waals surface area contributed by atoms with Gasteiger partial charge in [-0.25, -0.2) is 4.98 Å². The molecule has 0 spiro atoms. The Kier molecular flexibility index (Phi) is 3.92. The predicted molar refractivity (Wildman–Crippen MR) is 84.5 cm³/mol. The molecule has 2 heterocycles. The third-order valence-electron chi connectivity index (χ3n) is 3.10. The molecule has 0 bridgehead atoms. The molecule has 0 fully saturated rings. The molecule has 1 aliphatic carbocycles. The fourth-order valence-corrected chi connectivity index (χ4v) is 5.49. The monoisotopic (exact) mass is 406 g/mol. The number of halogens is 2. The standard InChI is InChI=1S/C12H12Br2N2S2/c13-6-5-9(17-11(6)14)10(15)12-16-7-3-1-2-4-8(7)18-12/h5,10H,1-4,15H2. The van der Waals surface area contributed by atoms with Crippen molar-refractivity contribution >= 4 is 54.5 Å². The number of rotatable bonds is 2. The lowest BCUT2D eigenvalue weighted by Gasteiger charge is -2.06. The quantitative estimate of drug-likeness (QED) is 0.786. The molecule has 1 unspecified atom stereocenters. The second-order valence-corrected chi connectivity index (χ2v) is 8.75. The number of nitrogens with zero attached hydrogens (tertiary/aromatic N) is 1. The van der Waals surface area contributed by atoms with Gasteiger partial charge in [0.25, 0.3) is 0 Å². The first-order valence-corrected chi connectivity index (χ1v) is 9.06. The predicted octanol–water partition coefficient (Wildman–Crippen LogP) is 4.66. The van der Waals surface area contributed by atoms with Crippen LogP contribution in [0.5, 0.6) is 0 Å². The molecule has 0 amide bonds. The van der Waals surface area contributed by atoms with Crippen LogP contribution in [0.3, 0.4) is 0 Å². The topological polar surface area (TPSA) is 38.9 Å². The van der Waals surface area contributed by atoms with Crippen LogP contribution in [-0.2, 0) is 12.8 Å². The van der Waals surface area contributed by atoms with Crippen molar-refractivity contribution in [3.8, 4) is 0 Å². The fraction of sp³-hybridized carbons (Fsp3) is 0.417. The summed E-state index contributed by atoms with van der Waals surface area (Å²) < 4.78 is 2.16. The molecule has 1 atom stereocenters. The Morgan fingerprint density at radius 2 is 2.00 bits per heavy atom. The first kappa shape index (κ1) is 13.2. The summed E-state index contributed by atoms with van der Waals surface area (Å²) in [5.41, 5.74) is 7.61. The van der Waals surface area contributed by atoms with E-state index in [1.165, 1.54) is 29.8 Å². The van der Waals surface area contributed by atoms with Crippen LogP contribution in [0.15, 0.2) is 14.3 Å². The van der Waals surface area contributed by atoms with Crippen LogP contribution >= 0.6 is 54.5 Å². The summed E-state index contributed by atoms with van der Waals surface area (Å²) in [7, 11) is 0. The Labute approximate surface area is 131 Å². The van der Waals surface area contributed by atoms with E-state index in [1.54, 1.807) is 22.7 Å². The molecular formula is C12H12Br2N2S2. The fourth-order valence-electron chi connectivity index (χ4n) is 2.14. The second-order valence-electron chi connectivity index (χ2n) is 4.38. The Morgan fingerprint density at radius 3 is 2.67 bits per heavy atom. The van der Waals surface area contributed by atoms with Crippen molar-refractivity contribution in [2.75, 3.05) is 0 Å². The number of fused-ring (bicyclic) bond motifs is 1. The number of hydrogen-bond acceptors (Lipinski definition) is 4. The molecule has 2 nitrogen and oxygen atoms in total. The lowest BCUT2D eigenvalue weighted by atomic mass is 10.0. The average molecular weight is 408 g/mol. The highest BCUT2D eigenvalue weighted by Gasteiger charge is 2.21. The van der Waals surface area contributed by atoms with E-state index in [2.05, 4.69) is 37.9 Å². The smallest absolute Gasteiger partial charge is 0.115 e. The molecule has 2 aromatic rings. The van der Waals surface area contributed by atoms with Crippen molar-refractivity contribution in [1.82, 2.24) is 4.98 Å². The van der Waals surface area contributed by atoms with Gasteiger partial charge in [0, 0.05) is 14.2 Å². The number of thiazole rings is 1. The van der Waals surface area contributed by atoms with Crippen molar-refractivity contribution in [2.24, 2.45) is 5.73 Å². The number of aromatic nitrogens is 1. The Bertz CT molecular complexity index is 534. The summed E-state index contributed by atoms with van der Waals surface area (Å²) in [4.78, 5) is 7.33. The van der Waals surface area contributed by atoms with Crippen molar-refractivity contribution in [2.45, 2.75) is 31.7 Å². The van der Waals surface area contributed by atoms with E-state index in [-0.39, 0.29) is 6.04 Å². The van der Waals surface area contributed by atoms with Gasteiger partial charge in [0.15, 0.2) is 0 Å². The molecule has 1 aliphatic rings. The van der Waals surface area contributed by atoms with Crippen LogP contribution in [-0.4, -0.2) is 4.98 Å². The summed E-state index contributed by atoms with van der Waals surface area (Å²) in [5.74, 6) is 0. The van der Waals surface area contributed by atoms with Gasteiger partial charge in [-0.1, -0.05) is 0 Å². The van der Waals surface area contributed by atoms with Crippen LogP contribution in [0, 0.1) is 0 Å². The third kappa shape index (κ3) is 2.45. The second kappa shape index (κ2) is 5.32. The molecule has 2 N–H and O–H groups in total. The first-order chi connectivity index (χ1) is 8.65. The molecule has 6 heteroatoms. The number of aryl methyl sites for hydroxylation is 2. The van der Waals surface area contributed by atoms with Crippen molar-refractivity contribution in [1.29, 1.82) is 0 Å². The summed E-state index contributed by atoms with van der Waals surface area (Å²) in [6.45, 7) is 0. The summed E-state index contributed by atoms with van der Waals surface area (Å²) in [5, 5.41) is 1.06. The van der Waals surface area contributed by atoms with Gasteiger partial charge in [0.2, 0.25) is 0 Å². The minimum Gasteiger partial charge on any atom is -0.318 e. The molecule has 0 aromatic carbocycles. The van der Waals surface area contributed by atoms with Gasteiger partial charge in [-0.2, -0.15) is 0 Å². The normalized spacial score (nSPS) is 16.6. The van der Waals surface area contributed by atoms with E-state index in [0.29, 0.717) is 0 Å². The van der Waals surface area contributed by atoms with E-state index >= 15 is 0 Å². The minimum atomic E-state index is -0.0896. The first-order valence-electron chi connectivity index (χ1n) is 5.84. The van der Waals surface area contributed by atoms with Crippen LogP contribution in [0.1, 0.15) is 39.3 Å². The van der Waals surface area contributed by atoms with E-state index < -0.39 is 0 Å². The maximum absolute atomic E-state index is 6.33. The molecule has 0 aliphatic heterocycles. The van der Waals surface area contributed by atoms with Gasteiger partial charge in [0.1, 0.15) is 5.01 Å². The molecule has 3 rings (SSSR count). The summed E-state index contributed by atoms with van der Waals surface area (Å²) in [6, 6.07) is 1.99. The van der Waals surface area contributed by atoms with Gasteiger partial charge in [-0.05, 0) is 63.6 Å². The molecule has 0 saturated carbocycles. The zero-order valence-electron chi connectivity index (χ0n) is 9.58. The summed E-state index contributed by atoms with van der Waals surface area (Å²) >= 11 is 10.5. The molecule has 96 valence electrons. The van der Waals surface area contributed by atoms with Crippen molar-refractivity contribution < 1.29 is 0 Å². The Hall–Kier alpha value is 0.250. The molecular weight excluding hydrogens is 396 g/mol. The maximum atomic E-state index is 6.33. The zero-order valence-corrected chi connectivity index (χ0v) is 14.4. The summed E-state index contributed by atoms with van der Waals surface area (Å²) in [6.07, 6.45) is 4.86. The van der Waals surface area contributed by atoms with Crippen LogP contribution < -0.4 is 5.73 Å². The van der Waals surface area contributed by atoms with E-state index in [1.807, 2.05) is 0 Å². The van der Waals surface area contributed by atoms with E-state index in [0.717, 1.165) is 24.6 Å². The highest BCUT2D eigenvalue weighted by atomic mass is 79.9. The zero-order chi connectivity index (χ0) is 12.7. The number of hydrogen-bond donors (Lipinski definition) is 1. The SMILES string of the molecule is NC(c1cc(Br)c(Br)s1)c1nc2c(s1)CCCC2. The Balaban J connectivity index is 1.92. The largest absolute Gasteiger partial charge is 0.318 e. The average Bonchev–Trinajstić information content (AvgIpc) is 2.93. The molecule has 2 aromatic heterocycles. The third-order valence-corrected chi connectivity index (χ3v) is 7.68. The van der Waals surface area contributed by atoms with E-state index in [9.17, 15) is 0 Å². The Morgan fingerprint density at radius 1 is 1.22 bits per heavy atom. The van der Waals surface area contributed by atoms with Crippen molar-refractivity contribution in [3.05, 3.63) is 34.8 Å². The van der Waals surface area contributed by atoms with Crippen LogP contribution in [0.25, 0.3) is 0 Å². The van der Waals surface area contributed by atoms with Crippen LogP contribution in [0.4, 0.5) is 0 Å². The highest BCUT2D eigenvalue weighted by molar-refractivity contribution is 9.13. The van der Waals surface area contributed by atoms with Gasteiger partial charge < -0.3 is 5.73 Å². The molecule has 0 saturated heterocycles. The number of nitrogens with two attached hydrogens (primary N) is 1. The minimum absolute atomic E-state index is 0.0896. The highest BCUT2D eigenvalue weighted by Crippen LogP contribution is 2.38. The molecule has 18 heavy (non-hydrogen) atoms. The maximum Gasteiger partial charge on any atom is 0.115 e. The molecule has 0 radical (unpaired) electrons. The van der Waals surface area contributed by atoms with E-state index in [4.69, 9.17) is 10.7 Å². The van der Waals surface area contributed by atoms with Crippen LogP contribution in [0.2, 0.25) is 0 Å². The van der Waals surface area contributed by atoms with Gasteiger partial charge in [-0.3, -0.25) is 0 Å². The van der Waals surface area contributed by atoms with Crippen molar-refractivity contribution in [3.63, 3.8) is 0 Å². The van der Waals surface area contributed by atoms with Gasteiger partial charge in [0.05, 0.1) is 15.5 Å². The number of thiophene rings is 1. The van der Waals surface area contributed by atoms with Gasteiger partial charge in [-0.15, -0.1) is 22.7 Å². The lowest BCUT2D eigenvalue weighted by molar-refractivity contribution is 0.679. The lowest BCUT2D eigenvalue weighted by Crippen LogP contribution is -2.10. The van der Waals surface area contributed by atoms with Gasteiger partial charge >= 0.3 is 0 Å².